The monoisotopic (exact) mass is 354 g/mol. The van der Waals surface area contributed by atoms with Gasteiger partial charge in [0.25, 0.3) is 0 Å². The van der Waals surface area contributed by atoms with E-state index in [0.717, 1.165) is 15.7 Å². The second-order valence-electron chi connectivity index (χ2n) is 3.88. The predicted octanol–water partition coefficient (Wildman–Crippen LogP) is 5.43. The summed E-state index contributed by atoms with van der Waals surface area (Å²) in [5.74, 6) is 0. The Bertz CT molecular complexity index is 620. The lowest BCUT2D eigenvalue weighted by molar-refractivity contribution is 0.990. The van der Waals surface area contributed by atoms with E-state index in [9.17, 15) is 5.26 Å². The van der Waals surface area contributed by atoms with E-state index in [1.54, 1.807) is 24.3 Å². The van der Waals surface area contributed by atoms with Crippen molar-refractivity contribution in [1.29, 1.82) is 5.26 Å². The highest BCUT2D eigenvalue weighted by molar-refractivity contribution is 9.10. The third kappa shape index (κ3) is 3.63. The fourth-order valence-corrected chi connectivity index (χ4v) is 2.67. The maximum atomic E-state index is 9.30. The summed E-state index contributed by atoms with van der Waals surface area (Å²) in [6.07, 6.45) is 0. The summed E-state index contributed by atoms with van der Waals surface area (Å²) in [6, 6.07) is 14.3. The summed E-state index contributed by atoms with van der Waals surface area (Å²) in [4.78, 5) is 0. The zero-order valence-corrected chi connectivity index (χ0v) is 12.8. The molecule has 2 rings (SSSR count). The van der Waals surface area contributed by atoms with Gasteiger partial charge in [-0.05, 0) is 36.4 Å². The molecule has 2 nitrogen and oxygen atoms in total. The van der Waals surface area contributed by atoms with Gasteiger partial charge in [0.2, 0.25) is 0 Å². The van der Waals surface area contributed by atoms with E-state index in [-0.39, 0.29) is 0 Å². The molecule has 2 aromatic carbocycles. The summed E-state index contributed by atoms with van der Waals surface area (Å²) >= 11 is 15.1. The van der Waals surface area contributed by atoms with Crippen LogP contribution in [0.5, 0.6) is 0 Å². The van der Waals surface area contributed by atoms with Crippen LogP contribution >= 0.6 is 39.1 Å². The summed E-state index contributed by atoms with van der Waals surface area (Å²) in [5, 5.41) is 13.7. The minimum Gasteiger partial charge on any atom is -0.366 e. The molecular weight excluding hydrogens is 347 g/mol. The van der Waals surface area contributed by atoms with Gasteiger partial charge in [-0.3, -0.25) is 0 Å². The summed E-state index contributed by atoms with van der Waals surface area (Å²) < 4.78 is 0.799. The molecule has 0 amide bonds. The highest BCUT2D eigenvalue weighted by atomic mass is 79.9. The molecular formula is C14H9BrCl2N2. The Kier molecular flexibility index (Phi) is 4.71. The molecule has 0 heterocycles. The van der Waals surface area contributed by atoms with Crippen LogP contribution in [0.4, 0.5) is 5.69 Å². The second kappa shape index (κ2) is 6.29. The van der Waals surface area contributed by atoms with Crippen molar-refractivity contribution in [2.75, 3.05) is 5.32 Å². The van der Waals surface area contributed by atoms with Crippen molar-refractivity contribution in [2.24, 2.45) is 0 Å². The number of anilines is 1. The Morgan fingerprint density at radius 3 is 2.26 bits per heavy atom. The van der Waals surface area contributed by atoms with Gasteiger partial charge in [0.1, 0.15) is 6.04 Å². The average Bonchev–Trinajstić information content (AvgIpc) is 2.39. The highest BCUT2D eigenvalue weighted by Gasteiger charge is 2.13. The number of nitrogens with one attached hydrogen (secondary N) is 1. The van der Waals surface area contributed by atoms with E-state index < -0.39 is 6.04 Å². The molecule has 19 heavy (non-hydrogen) atoms. The molecule has 0 aliphatic rings. The summed E-state index contributed by atoms with van der Waals surface area (Å²) in [7, 11) is 0. The van der Waals surface area contributed by atoms with Crippen LogP contribution in [0.1, 0.15) is 11.6 Å². The Morgan fingerprint density at radius 1 is 1.05 bits per heavy atom. The number of benzene rings is 2. The van der Waals surface area contributed by atoms with Crippen LogP contribution < -0.4 is 5.32 Å². The standard InChI is InChI=1S/C14H9BrCl2N2/c15-13-7-10(17)3-6-12(13)14(8-18)19-11-4-1-9(16)2-5-11/h1-7,14,19H. The summed E-state index contributed by atoms with van der Waals surface area (Å²) in [5.41, 5.74) is 1.67. The molecule has 0 aliphatic heterocycles. The van der Waals surface area contributed by atoms with Crippen molar-refractivity contribution >= 4 is 44.8 Å². The van der Waals surface area contributed by atoms with Crippen molar-refractivity contribution in [2.45, 2.75) is 6.04 Å². The molecule has 0 fully saturated rings. The first kappa shape index (κ1) is 14.2. The van der Waals surface area contributed by atoms with Gasteiger partial charge in [-0.25, -0.2) is 0 Å². The van der Waals surface area contributed by atoms with Crippen LogP contribution in [0.25, 0.3) is 0 Å². The lowest BCUT2D eigenvalue weighted by Gasteiger charge is -2.15. The average molecular weight is 356 g/mol. The van der Waals surface area contributed by atoms with Gasteiger partial charge < -0.3 is 5.32 Å². The Labute approximate surface area is 130 Å². The SMILES string of the molecule is N#CC(Nc1ccc(Cl)cc1)c1ccc(Cl)cc1Br. The molecule has 0 aromatic heterocycles. The molecule has 1 unspecified atom stereocenters. The molecule has 0 saturated carbocycles. The molecule has 1 N–H and O–H groups in total. The number of nitrogens with zero attached hydrogens (tertiary/aromatic N) is 1. The number of hydrogen-bond donors (Lipinski definition) is 1. The van der Waals surface area contributed by atoms with Crippen molar-refractivity contribution in [3.63, 3.8) is 0 Å². The lowest BCUT2D eigenvalue weighted by Crippen LogP contribution is -2.09. The van der Waals surface area contributed by atoms with Crippen LogP contribution in [0.3, 0.4) is 0 Å². The van der Waals surface area contributed by atoms with Gasteiger partial charge in [0.15, 0.2) is 0 Å². The fraction of sp³-hybridized carbons (Fsp3) is 0.0714. The normalized spacial score (nSPS) is 11.7. The van der Waals surface area contributed by atoms with E-state index in [2.05, 4.69) is 27.3 Å². The van der Waals surface area contributed by atoms with Gasteiger partial charge in [-0.2, -0.15) is 5.26 Å². The molecule has 0 radical (unpaired) electrons. The predicted molar refractivity (Wildman–Crippen MR) is 82.6 cm³/mol. The van der Waals surface area contributed by atoms with Crippen molar-refractivity contribution in [3.05, 3.63) is 62.5 Å². The number of rotatable bonds is 3. The molecule has 96 valence electrons. The zero-order valence-electron chi connectivity index (χ0n) is 9.70. The topological polar surface area (TPSA) is 35.8 Å². The second-order valence-corrected chi connectivity index (χ2v) is 5.61. The maximum Gasteiger partial charge on any atom is 0.141 e. The number of nitriles is 1. The Balaban J connectivity index is 2.25. The minimum absolute atomic E-state index is 0.465. The van der Waals surface area contributed by atoms with E-state index in [0.29, 0.717) is 10.0 Å². The van der Waals surface area contributed by atoms with E-state index in [1.165, 1.54) is 0 Å². The third-order valence-electron chi connectivity index (χ3n) is 2.56. The van der Waals surface area contributed by atoms with E-state index in [1.807, 2.05) is 18.2 Å². The van der Waals surface area contributed by atoms with Gasteiger partial charge in [0.05, 0.1) is 6.07 Å². The van der Waals surface area contributed by atoms with Crippen LogP contribution in [-0.2, 0) is 0 Å². The largest absolute Gasteiger partial charge is 0.366 e. The van der Waals surface area contributed by atoms with Crippen molar-refractivity contribution < 1.29 is 0 Å². The minimum atomic E-state index is -0.465. The molecule has 0 bridgehead atoms. The third-order valence-corrected chi connectivity index (χ3v) is 3.73. The van der Waals surface area contributed by atoms with Crippen molar-refractivity contribution in [1.82, 2.24) is 0 Å². The molecule has 0 aliphatic carbocycles. The van der Waals surface area contributed by atoms with Crippen molar-refractivity contribution in [3.8, 4) is 6.07 Å². The van der Waals surface area contributed by atoms with Crippen LogP contribution in [0.15, 0.2) is 46.9 Å². The molecule has 1 atom stereocenters. The van der Waals surface area contributed by atoms with Gasteiger partial charge >= 0.3 is 0 Å². The molecule has 5 heteroatoms. The first-order valence-electron chi connectivity index (χ1n) is 5.47. The van der Waals surface area contributed by atoms with E-state index in [4.69, 9.17) is 23.2 Å². The van der Waals surface area contributed by atoms with Crippen LogP contribution in [-0.4, -0.2) is 0 Å². The highest BCUT2D eigenvalue weighted by Crippen LogP contribution is 2.29. The first-order valence-corrected chi connectivity index (χ1v) is 7.01. The van der Waals surface area contributed by atoms with Crippen LogP contribution in [0.2, 0.25) is 10.0 Å². The molecule has 0 spiro atoms. The van der Waals surface area contributed by atoms with Gasteiger partial charge in [-0.15, -0.1) is 0 Å². The molecule has 2 aromatic rings. The lowest BCUT2D eigenvalue weighted by atomic mass is 10.1. The Morgan fingerprint density at radius 2 is 1.68 bits per heavy atom. The smallest absolute Gasteiger partial charge is 0.141 e. The summed E-state index contributed by atoms with van der Waals surface area (Å²) in [6.45, 7) is 0. The first-order chi connectivity index (χ1) is 9.10. The van der Waals surface area contributed by atoms with Gasteiger partial charge in [0, 0.05) is 25.8 Å². The zero-order chi connectivity index (χ0) is 13.8. The number of hydrogen-bond acceptors (Lipinski definition) is 2. The Hall–Kier alpha value is -1.21. The number of halogens is 3. The van der Waals surface area contributed by atoms with E-state index >= 15 is 0 Å². The van der Waals surface area contributed by atoms with Crippen LogP contribution in [0, 0.1) is 11.3 Å². The maximum absolute atomic E-state index is 9.30. The molecule has 0 saturated heterocycles. The van der Waals surface area contributed by atoms with Gasteiger partial charge in [-0.1, -0.05) is 45.2 Å². The fourth-order valence-electron chi connectivity index (χ4n) is 1.63. The quantitative estimate of drug-likeness (QED) is 0.796.